The lowest BCUT2D eigenvalue weighted by Crippen LogP contribution is -2.14. The van der Waals surface area contributed by atoms with Crippen LogP contribution in [0.4, 0.5) is 0 Å². The average molecular weight is 592 g/mol. The van der Waals surface area contributed by atoms with Crippen molar-refractivity contribution >= 4 is 31.1 Å². The van der Waals surface area contributed by atoms with E-state index in [1.54, 1.807) is 0 Å². The number of rotatable bonds is 26. The van der Waals surface area contributed by atoms with E-state index in [1.807, 2.05) is 0 Å². The predicted molar refractivity (Wildman–Crippen MR) is 148 cm³/mol. The highest BCUT2D eigenvalue weighted by atomic mass is 79.9. The number of unbranched alkanes of at least 4 members (excludes halogenated alkanes) is 12. The van der Waals surface area contributed by atoms with Gasteiger partial charge in [0.15, 0.2) is 0 Å². The first-order chi connectivity index (χ1) is 16.4. The second-order valence-corrected chi connectivity index (χ2v) is 15.9. The van der Waals surface area contributed by atoms with Crippen molar-refractivity contribution < 1.29 is 27.2 Å². The van der Waals surface area contributed by atoms with Gasteiger partial charge in [-0.2, -0.15) is 0 Å². The van der Waals surface area contributed by atoms with Gasteiger partial charge >= 0.3 is 15.2 Å². The molecule has 0 aliphatic rings. The summed E-state index contributed by atoms with van der Waals surface area (Å²) in [5.74, 6) is 0. The van der Waals surface area contributed by atoms with Gasteiger partial charge in [-0.3, -0.25) is 9.13 Å². The van der Waals surface area contributed by atoms with Crippen molar-refractivity contribution in [3.8, 4) is 0 Å². The van der Waals surface area contributed by atoms with Crippen LogP contribution in [0, 0.1) is 0 Å². The Morgan fingerprint density at radius 1 is 0.471 bits per heavy atom. The molecule has 34 heavy (non-hydrogen) atoms. The molecule has 0 radical (unpaired) electrons. The summed E-state index contributed by atoms with van der Waals surface area (Å²) in [6.45, 7) is 9.81. The van der Waals surface area contributed by atoms with E-state index in [1.165, 1.54) is 0 Å². The third-order valence-corrected chi connectivity index (χ3v) is 13.5. The quantitative estimate of drug-likeness (QED) is 0.0566. The molecule has 0 rings (SSSR count). The normalized spacial score (nSPS) is 12.6. The summed E-state index contributed by atoms with van der Waals surface area (Å²) in [6, 6.07) is 0. The molecule has 0 spiro atoms. The Balaban J connectivity index is 5.30. The minimum absolute atomic E-state index is 0.307. The Labute approximate surface area is 219 Å². The van der Waals surface area contributed by atoms with E-state index < -0.39 is 19.5 Å². The van der Waals surface area contributed by atoms with Gasteiger partial charge in [0.2, 0.25) is 4.31 Å². The SMILES string of the molecule is CCCCCCOP(=O)(OCCCCCC)C(Br)P(=O)(OCCCCCC)OCCCCCC. The molecule has 6 nitrogen and oxygen atoms in total. The van der Waals surface area contributed by atoms with Gasteiger partial charge < -0.3 is 18.1 Å². The molecule has 0 aromatic carbocycles. The van der Waals surface area contributed by atoms with E-state index in [0.29, 0.717) is 26.4 Å². The Morgan fingerprint density at radius 2 is 0.706 bits per heavy atom. The van der Waals surface area contributed by atoms with Gasteiger partial charge in [-0.15, -0.1) is 0 Å². The minimum atomic E-state index is -3.75. The molecule has 0 aromatic rings. The zero-order valence-corrected chi connectivity index (χ0v) is 25.8. The summed E-state index contributed by atoms with van der Waals surface area (Å²) in [6.07, 6.45) is 16.0. The molecule has 0 unspecified atom stereocenters. The van der Waals surface area contributed by atoms with Crippen LogP contribution in [-0.2, 0) is 27.2 Å². The molecule has 0 saturated carbocycles. The van der Waals surface area contributed by atoms with Crippen molar-refractivity contribution in [1.82, 2.24) is 0 Å². The van der Waals surface area contributed by atoms with Gasteiger partial charge in [0.05, 0.1) is 26.4 Å². The lowest BCUT2D eigenvalue weighted by atomic mass is 10.2. The number of hydrogen-bond acceptors (Lipinski definition) is 6. The summed E-state index contributed by atoms with van der Waals surface area (Å²) in [5, 5.41) is 0. The Morgan fingerprint density at radius 3 is 0.912 bits per heavy atom. The maximum Gasteiger partial charge on any atom is 0.356 e. The molecule has 0 amide bonds. The van der Waals surface area contributed by atoms with E-state index in [4.69, 9.17) is 18.1 Å². The molecule has 0 atom stereocenters. The lowest BCUT2D eigenvalue weighted by Gasteiger charge is -2.29. The monoisotopic (exact) mass is 590 g/mol. The molecule has 0 N–H and O–H groups in total. The highest BCUT2D eigenvalue weighted by molar-refractivity contribution is 9.12. The van der Waals surface area contributed by atoms with Gasteiger partial charge in [-0.25, -0.2) is 0 Å². The molecule has 206 valence electrons. The Hall–Kier alpha value is 0.780. The fourth-order valence-corrected chi connectivity index (χ4v) is 9.16. The fourth-order valence-electron chi connectivity index (χ4n) is 3.38. The second kappa shape index (κ2) is 22.9. The standard InChI is InChI=1S/C25H53BrO6P2/c1-5-9-13-17-21-29-33(27,30-22-18-14-10-6-2)25(26)34(28,31-23-19-15-11-7-3)32-24-20-16-12-8-4/h25H,5-24H2,1-4H3. The van der Waals surface area contributed by atoms with Crippen LogP contribution in [0.25, 0.3) is 0 Å². The molecular weight excluding hydrogens is 538 g/mol. The molecule has 0 aliphatic heterocycles. The topological polar surface area (TPSA) is 71.1 Å². The van der Waals surface area contributed by atoms with Gasteiger partial charge in [0, 0.05) is 0 Å². The van der Waals surface area contributed by atoms with Crippen LogP contribution >= 0.6 is 31.1 Å². The fraction of sp³-hybridized carbons (Fsp3) is 1.00. The van der Waals surface area contributed by atoms with E-state index >= 15 is 0 Å². The van der Waals surface area contributed by atoms with Crippen molar-refractivity contribution in [1.29, 1.82) is 0 Å². The zero-order valence-electron chi connectivity index (χ0n) is 22.4. The van der Waals surface area contributed by atoms with E-state index in [-0.39, 0.29) is 0 Å². The van der Waals surface area contributed by atoms with Crippen LogP contribution in [0.1, 0.15) is 130 Å². The van der Waals surface area contributed by atoms with Crippen LogP contribution in [-0.4, -0.2) is 30.7 Å². The molecule has 0 heterocycles. The highest BCUT2D eigenvalue weighted by Gasteiger charge is 2.49. The smallest absolute Gasteiger partial charge is 0.307 e. The van der Waals surface area contributed by atoms with E-state index in [0.717, 1.165) is 103 Å². The van der Waals surface area contributed by atoms with Crippen LogP contribution < -0.4 is 0 Å². The van der Waals surface area contributed by atoms with Crippen molar-refractivity contribution in [2.75, 3.05) is 26.4 Å². The summed E-state index contributed by atoms with van der Waals surface area (Å²) in [7, 11) is -7.50. The van der Waals surface area contributed by atoms with Crippen LogP contribution in [0.15, 0.2) is 0 Å². The number of hydrogen-bond donors (Lipinski definition) is 0. The average Bonchev–Trinajstić information content (AvgIpc) is 2.83. The first-order valence-corrected chi connectivity index (χ1v) is 18.0. The van der Waals surface area contributed by atoms with Gasteiger partial charge in [-0.05, 0) is 25.7 Å². The van der Waals surface area contributed by atoms with Crippen molar-refractivity contribution in [2.24, 2.45) is 0 Å². The third kappa shape index (κ3) is 16.5. The first kappa shape index (κ1) is 34.8. The molecule has 0 aromatic heterocycles. The van der Waals surface area contributed by atoms with Gasteiger partial charge in [0.1, 0.15) is 0 Å². The van der Waals surface area contributed by atoms with E-state index in [2.05, 4.69) is 43.6 Å². The highest BCUT2D eigenvalue weighted by Crippen LogP contribution is 2.73. The predicted octanol–water partition coefficient (Wildman–Crippen LogP) is 10.4. The molecule has 0 saturated heterocycles. The molecule has 0 bridgehead atoms. The van der Waals surface area contributed by atoms with Gasteiger partial charge in [-0.1, -0.05) is 121 Å². The van der Waals surface area contributed by atoms with Crippen LogP contribution in [0.3, 0.4) is 0 Å². The minimum Gasteiger partial charge on any atom is -0.307 e. The first-order valence-electron chi connectivity index (χ1n) is 13.8. The molecule has 9 heteroatoms. The summed E-state index contributed by atoms with van der Waals surface area (Å²) >= 11 is 3.43. The van der Waals surface area contributed by atoms with E-state index in [9.17, 15) is 9.13 Å². The van der Waals surface area contributed by atoms with Crippen LogP contribution in [0.2, 0.25) is 0 Å². The Bertz CT molecular complexity index is 467. The summed E-state index contributed by atoms with van der Waals surface area (Å²) in [5.41, 5.74) is 0. The largest absolute Gasteiger partial charge is 0.356 e. The summed E-state index contributed by atoms with van der Waals surface area (Å²) < 4.78 is 50.0. The molecular formula is C25H53BrO6P2. The van der Waals surface area contributed by atoms with Gasteiger partial charge in [0.25, 0.3) is 0 Å². The van der Waals surface area contributed by atoms with Crippen LogP contribution in [0.5, 0.6) is 0 Å². The molecule has 0 fully saturated rings. The maximum atomic E-state index is 13.9. The maximum absolute atomic E-state index is 13.9. The Kier molecular flexibility index (Phi) is 23.5. The number of alkyl halides is 1. The van der Waals surface area contributed by atoms with Crippen molar-refractivity contribution in [3.63, 3.8) is 0 Å². The van der Waals surface area contributed by atoms with Crippen molar-refractivity contribution in [3.05, 3.63) is 0 Å². The van der Waals surface area contributed by atoms with Crippen molar-refractivity contribution in [2.45, 2.75) is 135 Å². The second-order valence-electron chi connectivity index (χ2n) is 8.97. The zero-order chi connectivity index (χ0) is 25.5. The lowest BCUT2D eigenvalue weighted by molar-refractivity contribution is 0.183. The number of halogens is 1. The third-order valence-electron chi connectivity index (χ3n) is 5.60. The summed E-state index contributed by atoms with van der Waals surface area (Å²) in [4.78, 5) is 0. The molecule has 0 aliphatic carbocycles.